The van der Waals surface area contributed by atoms with Crippen LogP contribution in [-0.4, -0.2) is 29.3 Å². The lowest BCUT2D eigenvalue weighted by molar-refractivity contribution is -0.139. The zero-order chi connectivity index (χ0) is 23.3. The molecule has 5 heteroatoms. The Labute approximate surface area is 195 Å². The molecule has 33 heavy (non-hydrogen) atoms. The summed E-state index contributed by atoms with van der Waals surface area (Å²) in [4.78, 5) is 15.1. The number of aliphatic hydroxyl groups excluding tert-OH is 1. The predicted molar refractivity (Wildman–Crippen MR) is 129 cm³/mol. The van der Waals surface area contributed by atoms with E-state index in [1.54, 1.807) is 23.1 Å². The molecular weight excluding hydrogens is 414 g/mol. The highest BCUT2D eigenvalue weighted by atomic mass is 16.5. The third-order valence-electron chi connectivity index (χ3n) is 6.23. The molecule has 4 rings (SSSR count). The number of aliphatic hydroxyl groups is 2. The predicted octanol–water partition coefficient (Wildman–Crippen LogP) is 4.77. The highest BCUT2D eigenvalue weighted by Crippen LogP contribution is 2.45. The SMILES string of the molecule is CCCCOc1ccc(C(O)CC2(O)C(=O)N(CCc3ccccc3)c3ccccc32)cc1. The normalized spacial score (nSPS) is 18.3. The van der Waals surface area contributed by atoms with Crippen molar-refractivity contribution in [3.63, 3.8) is 0 Å². The van der Waals surface area contributed by atoms with Gasteiger partial charge in [0.1, 0.15) is 5.75 Å². The van der Waals surface area contributed by atoms with Crippen molar-refractivity contribution in [2.75, 3.05) is 18.1 Å². The van der Waals surface area contributed by atoms with Gasteiger partial charge in [-0.25, -0.2) is 0 Å². The van der Waals surface area contributed by atoms with Gasteiger partial charge in [0.05, 0.1) is 18.4 Å². The molecule has 0 aromatic heterocycles. The number of amides is 1. The first kappa shape index (κ1) is 23.0. The fourth-order valence-corrected chi connectivity index (χ4v) is 4.33. The summed E-state index contributed by atoms with van der Waals surface area (Å²) in [6.45, 7) is 3.23. The zero-order valence-corrected chi connectivity index (χ0v) is 19.0. The van der Waals surface area contributed by atoms with Crippen LogP contribution >= 0.6 is 0 Å². The van der Waals surface area contributed by atoms with Gasteiger partial charge in [-0.15, -0.1) is 0 Å². The number of carbonyl (C=O) groups excluding carboxylic acids is 1. The minimum absolute atomic E-state index is 0.110. The van der Waals surface area contributed by atoms with Gasteiger partial charge < -0.3 is 19.8 Å². The standard InChI is InChI=1S/C28H31NO4/c1-2-3-19-33-23-15-13-22(14-16-23)26(30)20-28(32)24-11-7-8-12-25(24)29(27(28)31)18-17-21-9-5-4-6-10-21/h4-16,26,30,32H,2-3,17-20H2,1H3. The van der Waals surface area contributed by atoms with Crippen LogP contribution in [0.15, 0.2) is 78.9 Å². The summed E-state index contributed by atoms with van der Waals surface area (Å²) >= 11 is 0. The van der Waals surface area contributed by atoms with Crippen molar-refractivity contribution in [2.45, 2.75) is 44.3 Å². The number of fused-ring (bicyclic) bond motifs is 1. The number of benzene rings is 3. The number of anilines is 1. The number of hydrogen-bond donors (Lipinski definition) is 2. The molecule has 172 valence electrons. The first-order valence-corrected chi connectivity index (χ1v) is 11.6. The second-order valence-corrected chi connectivity index (χ2v) is 8.56. The second kappa shape index (κ2) is 10.2. The van der Waals surface area contributed by atoms with Gasteiger partial charge in [0, 0.05) is 18.5 Å². The van der Waals surface area contributed by atoms with Crippen molar-refractivity contribution >= 4 is 11.6 Å². The highest BCUT2D eigenvalue weighted by Gasteiger charge is 2.50. The minimum Gasteiger partial charge on any atom is -0.494 e. The minimum atomic E-state index is -1.77. The number of rotatable bonds is 10. The van der Waals surface area contributed by atoms with Crippen molar-refractivity contribution in [3.8, 4) is 5.75 Å². The Hall–Kier alpha value is -3.15. The molecular formula is C28H31NO4. The van der Waals surface area contributed by atoms with E-state index in [1.165, 1.54) is 0 Å². The Morgan fingerprint density at radius 3 is 2.39 bits per heavy atom. The number of carbonyl (C=O) groups is 1. The lowest BCUT2D eigenvalue weighted by atomic mass is 9.87. The first-order chi connectivity index (χ1) is 16.0. The summed E-state index contributed by atoms with van der Waals surface area (Å²) in [5, 5.41) is 22.5. The van der Waals surface area contributed by atoms with E-state index in [0.29, 0.717) is 36.4 Å². The van der Waals surface area contributed by atoms with E-state index in [-0.39, 0.29) is 6.42 Å². The van der Waals surface area contributed by atoms with Gasteiger partial charge in [-0.05, 0) is 42.2 Å². The molecule has 0 fully saturated rings. The summed E-state index contributed by atoms with van der Waals surface area (Å²) in [5.41, 5.74) is 1.23. The quantitative estimate of drug-likeness (QED) is 0.441. The van der Waals surface area contributed by atoms with Crippen LogP contribution in [0, 0.1) is 0 Å². The van der Waals surface area contributed by atoms with Crippen LogP contribution in [0.1, 0.15) is 49.0 Å². The fourth-order valence-electron chi connectivity index (χ4n) is 4.33. The lowest BCUT2D eigenvalue weighted by Crippen LogP contribution is -2.42. The van der Waals surface area contributed by atoms with Gasteiger partial charge in [-0.3, -0.25) is 4.79 Å². The largest absolute Gasteiger partial charge is 0.494 e. The monoisotopic (exact) mass is 445 g/mol. The maximum atomic E-state index is 13.4. The number of para-hydroxylation sites is 1. The molecule has 0 bridgehead atoms. The van der Waals surface area contributed by atoms with E-state index < -0.39 is 17.6 Å². The average molecular weight is 446 g/mol. The van der Waals surface area contributed by atoms with Crippen LogP contribution in [0.25, 0.3) is 0 Å². The van der Waals surface area contributed by atoms with Gasteiger partial charge in [-0.2, -0.15) is 0 Å². The summed E-state index contributed by atoms with van der Waals surface area (Å²) in [7, 11) is 0. The van der Waals surface area contributed by atoms with Crippen LogP contribution in [0.5, 0.6) is 5.75 Å². The highest BCUT2D eigenvalue weighted by molar-refractivity contribution is 6.06. The van der Waals surface area contributed by atoms with Crippen molar-refractivity contribution in [1.29, 1.82) is 0 Å². The van der Waals surface area contributed by atoms with Crippen molar-refractivity contribution < 1.29 is 19.7 Å². The molecule has 0 aliphatic carbocycles. The third-order valence-corrected chi connectivity index (χ3v) is 6.23. The topological polar surface area (TPSA) is 70.0 Å². The number of nitrogens with zero attached hydrogens (tertiary/aromatic N) is 1. The van der Waals surface area contributed by atoms with E-state index in [2.05, 4.69) is 6.92 Å². The third kappa shape index (κ3) is 4.95. The van der Waals surface area contributed by atoms with Gasteiger partial charge in [0.25, 0.3) is 5.91 Å². The molecule has 2 unspecified atom stereocenters. The Balaban J connectivity index is 1.50. The summed E-state index contributed by atoms with van der Waals surface area (Å²) in [6.07, 6.45) is 1.62. The van der Waals surface area contributed by atoms with Crippen molar-refractivity contribution in [3.05, 3.63) is 95.6 Å². The summed E-state index contributed by atoms with van der Waals surface area (Å²) in [6, 6.07) is 24.5. The molecule has 1 aliphatic rings. The Bertz CT molecular complexity index is 1070. The smallest absolute Gasteiger partial charge is 0.263 e. The van der Waals surface area contributed by atoms with E-state index in [4.69, 9.17) is 4.74 Å². The van der Waals surface area contributed by atoms with Gasteiger partial charge in [0.15, 0.2) is 5.60 Å². The fraction of sp³-hybridized carbons (Fsp3) is 0.321. The van der Waals surface area contributed by atoms with E-state index in [0.717, 1.165) is 24.2 Å². The number of ether oxygens (including phenoxy) is 1. The Kier molecular flexibility index (Phi) is 7.11. The van der Waals surface area contributed by atoms with E-state index >= 15 is 0 Å². The van der Waals surface area contributed by atoms with Crippen LogP contribution in [0.4, 0.5) is 5.69 Å². The van der Waals surface area contributed by atoms with Crippen LogP contribution in [0.3, 0.4) is 0 Å². The molecule has 0 spiro atoms. The number of hydrogen-bond acceptors (Lipinski definition) is 4. The maximum absolute atomic E-state index is 13.4. The lowest BCUT2D eigenvalue weighted by Gasteiger charge is -2.26. The summed E-state index contributed by atoms with van der Waals surface area (Å²) < 4.78 is 5.68. The summed E-state index contributed by atoms with van der Waals surface area (Å²) in [5.74, 6) is 0.352. The molecule has 2 atom stereocenters. The molecule has 5 nitrogen and oxygen atoms in total. The van der Waals surface area contributed by atoms with Crippen LogP contribution in [-0.2, 0) is 16.8 Å². The molecule has 3 aromatic carbocycles. The van der Waals surface area contributed by atoms with Crippen molar-refractivity contribution in [2.24, 2.45) is 0 Å². The van der Waals surface area contributed by atoms with Gasteiger partial charge in [-0.1, -0.05) is 74.0 Å². The van der Waals surface area contributed by atoms with E-state index in [1.807, 2.05) is 60.7 Å². The van der Waals surface area contributed by atoms with Gasteiger partial charge >= 0.3 is 0 Å². The number of unbranched alkanes of at least 4 members (excludes halogenated alkanes) is 1. The van der Waals surface area contributed by atoms with Crippen molar-refractivity contribution in [1.82, 2.24) is 0 Å². The Morgan fingerprint density at radius 1 is 0.970 bits per heavy atom. The molecule has 0 saturated heterocycles. The Morgan fingerprint density at radius 2 is 1.67 bits per heavy atom. The molecule has 2 N–H and O–H groups in total. The van der Waals surface area contributed by atoms with Crippen LogP contribution < -0.4 is 9.64 Å². The molecule has 1 heterocycles. The molecule has 1 amide bonds. The molecule has 0 saturated carbocycles. The maximum Gasteiger partial charge on any atom is 0.263 e. The average Bonchev–Trinajstić information content (AvgIpc) is 3.05. The first-order valence-electron chi connectivity index (χ1n) is 11.6. The second-order valence-electron chi connectivity index (χ2n) is 8.56. The van der Waals surface area contributed by atoms with E-state index in [9.17, 15) is 15.0 Å². The molecule has 0 radical (unpaired) electrons. The molecule has 3 aromatic rings. The molecule has 1 aliphatic heterocycles. The zero-order valence-electron chi connectivity index (χ0n) is 19.0. The van der Waals surface area contributed by atoms with Crippen LogP contribution in [0.2, 0.25) is 0 Å². The van der Waals surface area contributed by atoms with Gasteiger partial charge in [0.2, 0.25) is 0 Å².